The number of hydrogen-bond donors (Lipinski definition) is 2. The summed E-state index contributed by atoms with van der Waals surface area (Å²) < 4.78 is 8.07. The highest BCUT2D eigenvalue weighted by Gasteiger charge is 2.31. The first-order valence-corrected chi connectivity index (χ1v) is 8.50. The standard InChI is InChI=1S/C16H29NO2S2/c1-8-16(7,9-2)19-11-10-14(3,4)21-15(5,6)12-13(18)17-20/h1,20H,9-12H2,2-7H3,(H,17,18). The summed E-state index contributed by atoms with van der Waals surface area (Å²) in [6.45, 7) is 13.1. The van der Waals surface area contributed by atoms with Crippen LogP contribution in [0.3, 0.4) is 0 Å². The van der Waals surface area contributed by atoms with E-state index in [-0.39, 0.29) is 15.4 Å². The molecule has 0 saturated heterocycles. The molecule has 0 aromatic rings. The number of rotatable bonds is 9. The van der Waals surface area contributed by atoms with Crippen LogP contribution in [0.15, 0.2) is 0 Å². The van der Waals surface area contributed by atoms with Crippen molar-refractivity contribution >= 4 is 30.5 Å². The van der Waals surface area contributed by atoms with Crippen LogP contribution in [0, 0.1) is 12.3 Å². The Morgan fingerprint density at radius 3 is 2.29 bits per heavy atom. The van der Waals surface area contributed by atoms with Crippen molar-refractivity contribution in [2.45, 2.75) is 75.9 Å². The van der Waals surface area contributed by atoms with Crippen molar-refractivity contribution in [2.24, 2.45) is 0 Å². The number of terminal acetylenes is 1. The van der Waals surface area contributed by atoms with Crippen LogP contribution in [0.25, 0.3) is 0 Å². The molecule has 3 nitrogen and oxygen atoms in total. The number of amides is 1. The van der Waals surface area contributed by atoms with Crippen molar-refractivity contribution < 1.29 is 9.53 Å². The van der Waals surface area contributed by atoms with Gasteiger partial charge in [0.25, 0.3) is 0 Å². The van der Waals surface area contributed by atoms with E-state index in [2.05, 4.69) is 51.2 Å². The molecule has 0 heterocycles. The van der Waals surface area contributed by atoms with Gasteiger partial charge < -0.3 is 9.46 Å². The molecule has 1 atom stereocenters. The van der Waals surface area contributed by atoms with Gasteiger partial charge in [0.1, 0.15) is 5.60 Å². The summed E-state index contributed by atoms with van der Waals surface area (Å²) in [4.78, 5) is 11.5. The first-order chi connectivity index (χ1) is 9.49. The summed E-state index contributed by atoms with van der Waals surface area (Å²) in [5, 5.41) is 0. The number of hydrogen-bond acceptors (Lipinski definition) is 4. The van der Waals surface area contributed by atoms with Gasteiger partial charge in [0.15, 0.2) is 0 Å². The molecule has 0 radical (unpaired) electrons. The molecule has 1 N–H and O–H groups in total. The van der Waals surface area contributed by atoms with Crippen LogP contribution in [-0.4, -0.2) is 27.6 Å². The summed E-state index contributed by atoms with van der Waals surface area (Å²) in [6.07, 6.45) is 7.61. The van der Waals surface area contributed by atoms with Crippen molar-refractivity contribution in [3.63, 3.8) is 0 Å². The van der Waals surface area contributed by atoms with Crippen molar-refractivity contribution in [3.8, 4) is 12.3 Å². The second-order valence-electron chi connectivity index (χ2n) is 6.66. The molecule has 0 aliphatic carbocycles. The van der Waals surface area contributed by atoms with Gasteiger partial charge in [-0.15, -0.1) is 18.2 Å². The van der Waals surface area contributed by atoms with Gasteiger partial charge in [-0.25, -0.2) is 0 Å². The normalized spacial score (nSPS) is 15.1. The van der Waals surface area contributed by atoms with Gasteiger partial charge >= 0.3 is 0 Å². The average Bonchev–Trinajstić information content (AvgIpc) is 2.36. The van der Waals surface area contributed by atoms with Crippen LogP contribution in [0.4, 0.5) is 0 Å². The third-order valence-electron chi connectivity index (χ3n) is 3.37. The molecule has 0 aromatic carbocycles. The Morgan fingerprint density at radius 1 is 1.29 bits per heavy atom. The zero-order valence-electron chi connectivity index (χ0n) is 14.1. The lowest BCUT2D eigenvalue weighted by atomic mass is 10.0. The number of ether oxygens (including phenoxy) is 1. The number of carbonyl (C=O) groups excluding carboxylic acids is 1. The minimum atomic E-state index is -0.484. The number of carbonyl (C=O) groups is 1. The molecule has 0 fully saturated rings. The molecule has 0 spiro atoms. The maximum atomic E-state index is 11.5. The summed E-state index contributed by atoms with van der Waals surface area (Å²) >= 11 is 5.59. The Morgan fingerprint density at radius 2 is 1.86 bits per heavy atom. The third-order valence-corrected chi connectivity index (χ3v) is 5.07. The maximum Gasteiger partial charge on any atom is 0.230 e. The number of thioether (sulfide) groups is 1. The quantitative estimate of drug-likeness (QED) is 0.498. The fraction of sp³-hybridized carbons (Fsp3) is 0.812. The smallest absolute Gasteiger partial charge is 0.230 e. The van der Waals surface area contributed by atoms with Gasteiger partial charge in [0.05, 0.1) is 0 Å². The van der Waals surface area contributed by atoms with Gasteiger partial charge in [-0.05, 0) is 19.8 Å². The largest absolute Gasteiger partial charge is 0.363 e. The molecule has 0 aliphatic heterocycles. The van der Waals surface area contributed by atoms with Crippen molar-refractivity contribution in [1.29, 1.82) is 0 Å². The summed E-state index contributed by atoms with van der Waals surface area (Å²) in [7, 11) is 0. The molecule has 0 saturated carbocycles. The molecule has 1 amide bonds. The Kier molecular flexibility index (Phi) is 8.23. The molecule has 0 aliphatic rings. The molecule has 21 heavy (non-hydrogen) atoms. The van der Waals surface area contributed by atoms with E-state index >= 15 is 0 Å². The molecular weight excluding hydrogens is 302 g/mol. The van der Waals surface area contributed by atoms with Crippen molar-refractivity contribution in [3.05, 3.63) is 0 Å². The van der Waals surface area contributed by atoms with Crippen molar-refractivity contribution in [1.82, 2.24) is 4.72 Å². The molecular formula is C16H29NO2S2. The van der Waals surface area contributed by atoms with Gasteiger partial charge in [0.2, 0.25) is 5.91 Å². The second kappa shape index (κ2) is 8.36. The van der Waals surface area contributed by atoms with Gasteiger partial charge in [0, 0.05) is 22.5 Å². The van der Waals surface area contributed by atoms with Crippen LogP contribution in [0.5, 0.6) is 0 Å². The van der Waals surface area contributed by atoms with E-state index in [9.17, 15) is 4.79 Å². The molecule has 5 heteroatoms. The topological polar surface area (TPSA) is 38.3 Å². The molecule has 0 rings (SSSR count). The van der Waals surface area contributed by atoms with Crippen LogP contribution in [0.2, 0.25) is 0 Å². The summed E-state index contributed by atoms with van der Waals surface area (Å²) in [5.41, 5.74) is -0.484. The predicted octanol–water partition coefficient (Wildman–Crippen LogP) is 3.84. The van der Waals surface area contributed by atoms with Gasteiger partial charge in [-0.3, -0.25) is 4.79 Å². The maximum absolute atomic E-state index is 11.5. The Balaban J connectivity index is 4.44. The highest BCUT2D eigenvalue weighted by Crippen LogP contribution is 2.40. The zero-order valence-corrected chi connectivity index (χ0v) is 15.8. The summed E-state index contributed by atoms with van der Waals surface area (Å²) in [6, 6.07) is 0. The van der Waals surface area contributed by atoms with Gasteiger partial charge in [-0.1, -0.05) is 53.4 Å². The fourth-order valence-corrected chi connectivity index (χ4v) is 3.99. The highest BCUT2D eigenvalue weighted by molar-refractivity contribution is 8.01. The van der Waals surface area contributed by atoms with Crippen LogP contribution >= 0.6 is 24.6 Å². The zero-order chi connectivity index (χ0) is 16.7. The van der Waals surface area contributed by atoms with Crippen molar-refractivity contribution in [2.75, 3.05) is 6.61 Å². The molecule has 0 bridgehead atoms. The predicted molar refractivity (Wildman–Crippen MR) is 95.6 cm³/mol. The van der Waals surface area contributed by atoms with E-state index in [0.717, 1.165) is 12.8 Å². The highest BCUT2D eigenvalue weighted by atomic mass is 32.2. The Bertz CT molecular complexity index is 388. The summed E-state index contributed by atoms with van der Waals surface area (Å²) in [5.74, 6) is 2.64. The first kappa shape index (κ1) is 20.7. The lowest BCUT2D eigenvalue weighted by molar-refractivity contribution is -0.119. The van der Waals surface area contributed by atoms with Crippen LogP contribution in [0.1, 0.15) is 60.8 Å². The Hall–Kier alpha value is -0.310. The van der Waals surface area contributed by atoms with E-state index < -0.39 is 5.60 Å². The minimum absolute atomic E-state index is 0.00360. The Labute approximate surface area is 139 Å². The minimum Gasteiger partial charge on any atom is -0.363 e. The van der Waals surface area contributed by atoms with Crippen LogP contribution < -0.4 is 4.72 Å². The van der Waals surface area contributed by atoms with Gasteiger partial charge in [-0.2, -0.15) is 0 Å². The van der Waals surface area contributed by atoms with E-state index in [4.69, 9.17) is 11.2 Å². The van der Waals surface area contributed by atoms with E-state index in [0.29, 0.717) is 13.0 Å². The molecule has 0 aromatic heterocycles. The molecule has 1 unspecified atom stereocenters. The SMILES string of the molecule is C#CC(C)(CC)OCCC(C)(C)SC(C)(C)CC(=O)NS. The van der Waals surface area contributed by atoms with Crippen LogP contribution in [-0.2, 0) is 9.53 Å². The van der Waals surface area contributed by atoms with E-state index in [1.165, 1.54) is 0 Å². The average molecular weight is 332 g/mol. The number of thiol groups is 1. The fourth-order valence-electron chi connectivity index (χ4n) is 2.03. The lowest BCUT2D eigenvalue weighted by Gasteiger charge is -2.35. The first-order valence-electron chi connectivity index (χ1n) is 7.24. The monoisotopic (exact) mass is 331 g/mol. The molecule has 122 valence electrons. The van der Waals surface area contributed by atoms with E-state index in [1.807, 2.05) is 13.8 Å². The number of nitrogens with one attached hydrogen (secondary N) is 1. The lowest BCUT2D eigenvalue weighted by Crippen LogP contribution is -2.33. The van der Waals surface area contributed by atoms with E-state index in [1.54, 1.807) is 11.8 Å². The second-order valence-corrected chi connectivity index (χ2v) is 9.30. The third kappa shape index (κ3) is 8.65.